The molecule has 124 valence electrons. The van der Waals surface area contributed by atoms with Crippen LogP contribution in [0.15, 0.2) is 18.2 Å². The van der Waals surface area contributed by atoms with Gasteiger partial charge in [-0.3, -0.25) is 14.6 Å². The van der Waals surface area contributed by atoms with Crippen LogP contribution in [0.2, 0.25) is 0 Å². The fraction of sp³-hybridized carbons (Fsp3) is 0.455. The molecule has 1 saturated heterocycles. The van der Waals surface area contributed by atoms with Gasteiger partial charge in [0.15, 0.2) is 11.7 Å². The molecule has 1 fully saturated rings. The van der Waals surface area contributed by atoms with Crippen molar-refractivity contribution < 1.29 is 28.5 Å². The number of phosphoric acid groups is 1. The number of ether oxygens (including phenoxy) is 1. The Morgan fingerprint density at radius 3 is 2.96 bits per heavy atom. The summed E-state index contributed by atoms with van der Waals surface area (Å²) < 4.78 is 22.2. The summed E-state index contributed by atoms with van der Waals surface area (Å²) in [6, 6.07) is 4.52. The van der Waals surface area contributed by atoms with E-state index in [1.807, 2.05) is 0 Å². The van der Waals surface area contributed by atoms with E-state index in [9.17, 15) is 14.7 Å². The number of phosphoric ester groups is 1. The first-order valence-electron chi connectivity index (χ1n) is 6.69. The highest BCUT2D eigenvalue weighted by molar-refractivity contribution is 7.46. The number of fused-ring (bicyclic) bond motifs is 1. The molecule has 2 atom stereocenters. The van der Waals surface area contributed by atoms with Gasteiger partial charge in [-0.25, -0.2) is 9.25 Å². The van der Waals surface area contributed by atoms with E-state index in [0.717, 1.165) is 0 Å². The predicted molar refractivity (Wildman–Crippen MR) is 75.3 cm³/mol. The molecule has 0 radical (unpaired) electrons. The average molecular weight is 344 g/mol. The van der Waals surface area contributed by atoms with E-state index in [1.165, 1.54) is 16.8 Å². The number of nitrogens with zero attached hydrogens (tertiary/aromatic N) is 4. The number of rotatable bonds is 5. The van der Waals surface area contributed by atoms with Crippen molar-refractivity contribution in [3.05, 3.63) is 28.3 Å². The highest BCUT2D eigenvalue weighted by Crippen LogP contribution is 2.38. The molecule has 12 heteroatoms. The summed E-state index contributed by atoms with van der Waals surface area (Å²) in [6.07, 6.45) is 0.0232. The van der Waals surface area contributed by atoms with Gasteiger partial charge in [-0.05, 0) is 18.9 Å². The number of nitro groups is 1. The third-order valence-electron chi connectivity index (χ3n) is 3.46. The van der Waals surface area contributed by atoms with E-state index in [4.69, 9.17) is 14.5 Å². The van der Waals surface area contributed by atoms with Crippen molar-refractivity contribution in [3.63, 3.8) is 0 Å². The second kappa shape index (κ2) is 5.95. The molecule has 1 aromatic heterocycles. The summed E-state index contributed by atoms with van der Waals surface area (Å²) in [4.78, 5) is 27.8. The quantitative estimate of drug-likeness (QED) is 0.462. The molecular weight excluding hydrogens is 331 g/mol. The van der Waals surface area contributed by atoms with Gasteiger partial charge in [-0.2, -0.15) is 0 Å². The molecule has 11 nitrogen and oxygen atoms in total. The van der Waals surface area contributed by atoms with Crippen molar-refractivity contribution in [2.45, 2.75) is 25.2 Å². The van der Waals surface area contributed by atoms with Crippen LogP contribution in [0.1, 0.15) is 19.1 Å². The Hall–Kier alpha value is -1.91. The molecular formula is C11H13N4O7P. The lowest BCUT2D eigenvalue weighted by Gasteiger charge is -2.14. The van der Waals surface area contributed by atoms with Crippen molar-refractivity contribution in [1.82, 2.24) is 15.0 Å². The number of aromatic nitrogens is 3. The van der Waals surface area contributed by atoms with Crippen LogP contribution in [0.5, 0.6) is 0 Å². The normalized spacial score (nSPS) is 21.8. The van der Waals surface area contributed by atoms with E-state index >= 15 is 0 Å². The molecule has 0 saturated carbocycles. The Bertz CT molecular complexity index is 788. The summed E-state index contributed by atoms with van der Waals surface area (Å²) in [5.74, 6) is 0. The minimum atomic E-state index is -4.54. The molecule has 2 aromatic rings. The second-order valence-electron chi connectivity index (χ2n) is 5.01. The SMILES string of the molecule is O=[N+]([O-])c1cccc2c1nnn2C1CCC(COP(=O)(O)O)O1. The maximum atomic E-state index is 11.0. The molecule has 0 bridgehead atoms. The van der Waals surface area contributed by atoms with Crippen LogP contribution in [0, 0.1) is 10.1 Å². The first kappa shape index (κ1) is 16.0. The molecule has 1 aliphatic rings. The Balaban J connectivity index is 1.78. The zero-order valence-corrected chi connectivity index (χ0v) is 12.6. The summed E-state index contributed by atoms with van der Waals surface area (Å²) in [7, 11) is -4.54. The Morgan fingerprint density at radius 2 is 2.26 bits per heavy atom. The van der Waals surface area contributed by atoms with E-state index in [2.05, 4.69) is 14.8 Å². The molecule has 1 aliphatic heterocycles. The molecule has 23 heavy (non-hydrogen) atoms. The third-order valence-corrected chi connectivity index (χ3v) is 3.95. The summed E-state index contributed by atoms with van der Waals surface area (Å²) >= 11 is 0. The minimum Gasteiger partial charge on any atom is -0.351 e. The van der Waals surface area contributed by atoms with Crippen LogP contribution in [-0.2, 0) is 13.8 Å². The van der Waals surface area contributed by atoms with Gasteiger partial charge in [0, 0.05) is 6.07 Å². The van der Waals surface area contributed by atoms with Gasteiger partial charge >= 0.3 is 7.82 Å². The fourth-order valence-corrected chi connectivity index (χ4v) is 2.84. The van der Waals surface area contributed by atoms with Gasteiger partial charge < -0.3 is 14.5 Å². The van der Waals surface area contributed by atoms with Crippen LogP contribution in [0.4, 0.5) is 5.69 Å². The van der Waals surface area contributed by atoms with Crippen molar-refractivity contribution in [3.8, 4) is 0 Å². The molecule has 3 rings (SSSR count). The van der Waals surface area contributed by atoms with E-state index in [-0.39, 0.29) is 17.8 Å². The van der Waals surface area contributed by atoms with Gasteiger partial charge in [0.05, 0.1) is 23.2 Å². The average Bonchev–Trinajstić information content (AvgIpc) is 3.10. The zero-order valence-electron chi connectivity index (χ0n) is 11.7. The molecule has 0 amide bonds. The predicted octanol–water partition coefficient (Wildman–Crippen LogP) is 1.13. The standard InChI is InChI=1S/C11H13N4O7P/c16-15(17)9-3-1-2-8-11(9)12-13-14(8)10-5-4-7(22-10)6-21-23(18,19)20/h1-3,7,10H,4-6H2,(H2,18,19,20). The molecule has 1 aromatic carbocycles. The molecule has 2 heterocycles. The van der Waals surface area contributed by atoms with E-state index in [0.29, 0.717) is 18.4 Å². The van der Waals surface area contributed by atoms with Gasteiger partial charge in [0.25, 0.3) is 5.69 Å². The molecule has 2 unspecified atom stereocenters. The van der Waals surface area contributed by atoms with Crippen molar-refractivity contribution in [2.24, 2.45) is 0 Å². The highest BCUT2D eigenvalue weighted by Gasteiger charge is 2.31. The number of nitro benzene ring substituents is 1. The first-order valence-corrected chi connectivity index (χ1v) is 8.22. The summed E-state index contributed by atoms with van der Waals surface area (Å²) in [6.45, 7) is -0.243. The second-order valence-corrected chi connectivity index (χ2v) is 6.25. The van der Waals surface area contributed by atoms with E-state index in [1.54, 1.807) is 6.07 Å². The molecule has 2 N–H and O–H groups in total. The van der Waals surface area contributed by atoms with Crippen LogP contribution in [-0.4, -0.2) is 42.4 Å². The minimum absolute atomic E-state index is 0.145. The number of hydrogen-bond acceptors (Lipinski definition) is 7. The van der Waals surface area contributed by atoms with Crippen molar-refractivity contribution in [2.75, 3.05) is 6.61 Å². The number of hydrogen-bond donors (Lipinski definition) is 2. The lowest BCUT2D eigenvalue weighted by atomic mass is 10.2. The zero-order chi connectivity index (χ0) is 16.6. The number of benzene rings is 1. The van der Waals surface area contributed by atoms with Crippen molar-refractivity contribution >= 4 is 24.5 Å². The maximum Gasteiger partial charge on any atom is 0.469 e. The maximum absolute atomic E-state index is 11.0. The van der Waals surface area contributed by atoms with Crippen LogP contribution in [0.25, 0.3) is 11.0 Å². The first-order chi connectivity index (χ1) is 10.8. The molecule has 0 spiro atoms. The Kier molecular flexibility index (Phi) is 4.13. The van der Waals surface area contributed by atoms with Crippen LogP contribution < -0.4 is 0 Å². The van der Waals surface area contributed by atoms with Gasteiger partial charge in [-0.1, -0.05) is 11.3 Å². The van der Waals surface area contributed by atoms with E-state index < -0.39 is 25.1 Å². The Labute approximate surface area is 129 Å². The third kappa shape index (κ3) is 3.38. The van der Waals surface area contributed by atoms with Gasteiger partial charge in [0.1, 0.15) is 0 Å². The summed E-state index contributed by atoms with van der Waals surface area (Å²) in [5, 5.41) is 18.7. The topological polar surface area (TPSA) is 150 Å². The monoisotopic (exact) mass is 344 g/mol. The molecule has 0 aliphatic carbocycles. The fourth-order valence-electron chi connectivity index (χ4n) is 2.48. The largest absolute Gasteiger partial charge is 0.469 e. The van der Waals surface area contributed by atoms with Gasteiger partial charge in [-0.15, -0.1) is 5.10 Å². The lowest BCUT2D eigenvalue weighted by Crippen LogP contribution is -2.16. The lowest BCUT2D eigenvalue weighted by molar-refractivity contribution is -0.383. The van der Waals surface area contributed by atoms with Crippen LogP contribution >= 0.6 is 7.82 Å². The van der Waals surface area contributed by atoms with Crippen LogP contribution in [0.3, 0.4) is 0 Å². The smallest absolute Gasteiger partial charge is 0.351 e. The van der Waals surface area contributed by atoms with Gasteiger partial charge in [0.2, 0.25) is 0 Å². The summed E-state index contributed by atoms with van der Waals surface area (Å²) in [5.41, 5.74) is 0.477. The van der Waals surface area contributed by atoms with Crippen molar-refractivity contribution in [1.29, 1.82) is 0 Å². The Morgan fingerprint density at radius 1 is 1.48 bits per heavy atom. The number of non-ortho nitro benzene ring substituents is 1. The highest BCUT2D eigenvalue weighted by atomic mass is 31.2.